The van der Waals surface area contributed by atoms with E-state index in [1.807, 2.05) is 48.2 Å². The highest BCUT2D eigenvalue weighted by Crippen LogP contribution is 2.31. The Morgan fingerprint density at radius 3 is 2.70 bits per heavy atom. The van der Waals surface area contributed by atoms with Crippen LogP contribution in [0.2, 0.25) is 5.02 Å². The number of hydrogen-bond donors (Lipinski definition) is 1. The fourth-order valence-corrected chi connectivity index (χ4v) is 3.86. The Kier molecular flexibility index (Phi) is 4.90. The summed E-state index contributed by atoms with van der Waals surface area (Å²) in [6.07, 6.45) is 2.87. The van der Waals surface area contributed by atoms with Crippen LogP contribution in [-0.4, -0.2) is 22.0 Å². The molecule has 0 unspecified atom stereocenters. The predicted octanol–water partition coefficient (Wildman–Crippen LogP) is 5.28. The molecule has 4 rings (SSSR count). The summed E-state index contributed by atoms with van der Waals surface area (Å²) in [6, 6.07) is 20.0. The van der Waals surface area contributed by atoms with Crippen LogP contribution >= 0.6 is 11.6 Å². The lowest BCUT2D eigenvalue weighted by Gasteiger charge is -2.37. The molecule has 2 aromatic carbocycles. The molecule has 3 aromatic rings. The van der Waals surface area contributed by atoms with Crippen molar-refractivity contribution in [1.29, 1.82) is 0 Å². The minimum absolute atomic E-state index is 0.00404. The summed E-state index contributed by atoms with van der Waals surface area (Å²) in [5.74, 6) is 0. The predicted molar refractivity (Wildman–Crippen MR) is 109 cm³/mol. The van der Waals surface area contributed by atoms with Crippen LogP contribution in [0.5, 0.6) is 0 Å². The number of hydrogen-bond acceptors (Lipinski definition) is 1. The third-order valence-corrected chi connectivity index (χ3v) is 5.62. The number of rotatable bonds is 3. The normalized spacial score (nSPS) is 16.1. The first kappa shape index (κ1) is 17.7. The van der Waals surface area contributed by atoms with Crippen LogP contribution in [0.15, 0.2) is 66.9 Å². The van der Waals surface area contributed by atoms with Gasteiger partial charge in [-0.25, -0.2) is 4.79 Å². The SMILES string of the molecule is Cc1c(Cl)cccc1NC(=O)N1CCn2cccc2[C@@H]1Cc1ccccc1. The zero-order chi connectivity index (χ0) is 18.8. The maximum Gasteiger partial charge on any atom is 0.322 e. The van der Waals surface area contributed by atoms with E-state index in [2.05, 4.69) is 40.3 Å². The number of urea groups is 1. The number of carbonyl (C=O) groups excluding carboxylic acids is 1. The minimum Gasteiger partial charge on any atom is -0.348 e. The molecule has 1 atom stereocenters. The molecule has 4 nitrogen and oxygen atoms in total. The summed E-state index contributed by atoms with van der Waals surface area (Å²) in [5, 5.41) is 3.71. The van der Waals surface area contributed by atoms with E-state index in [1.165, 1.54) is 11.3 Å². The van der Waals surface area contributed by atoms with E-state index in [0.29, 0.717) is 11.6 Å². The van der Waals surface area contributed by atoms with Crippen molar-refractivity contribution in [3.8, 4) is 0 Å². The molecule has 2 heterocycles. The second kappa shape index (κ2) is 7.49. The molecule has 0 bridgehead atoms. The zero-order valence-electron chi connectivity index (χ0n) is 15.2. The van der Waals surface area contributed by atoms with Gasteiger partial charge in [0.2, 0.25) is 0 Å². The van der Waals surface area contributed by atoms with Crippen molar-refractivity contribution in [2.24, 2.45) is 0 Å². The van der Waals surface area contributed by atoms with Crippen molar-refractivity contribution in [1.82, 2.24) is 9.47 Å². The smallest absolute Gasteiger partial charge is 0.322 e. The van der Waals surface area contributed by atoms with E-state index in [-0.39, 0.29) is 12.1 Å². The number of aromatic nitrogens is 1. The number of carbonyl (C=O) groups is 1. The highest BCUT2D eigenvalue weighted by molar-refractivity contribution is 6.31. The first-order valence-electron chi connectivity index (χ1n) is 9.15. The first-order valence-corrected chi connectivity index (χ1v) is 9.53. The molecule has 0 fully saturated rings. The summed E-state index contributed by atoms with van der Waals surface area (Å²) in [4.78, 5) is 15.1. The summed E-state index contributed by atoms with van der Waals surface area (Å²) < 4.78 is 2.24. The van der Waals surface area contributed by atoms with E-state index in [4.69, 9.17) is 11.6 Å². The van der Waals surface area contributed by atoms with Crippen LogP contribution in [0.25, 0.3) is 0 Å². The van der Waals surface area contributed by atoms with E-state index in [9.17, 15) is 4.79 Å². The number of nitrogens with one attached hydrogen (secondary N) is 1. The number of nitrogens with zero attached hydrogens (tertiary/aromatic N) is 2. The van der Waals surface area contributed by atoms with Crippen LogP contribution in [0.4, 0.5) is 10.5 Å². The van der Waals surface area contributed by atoms with Gasteiger partial charge in [-0.2, -0.15) is 0 Å². The van der Waals surface area contributed by atoms with E-state index >= 15 is 0 Å². The molecule has 0 radical (unpaired) electrons. The van der Waals surface area contributed by atoms with Gasteiger partial charge in [-0.15, -0.1) is 0 Å². The number of benzene rings is 2. The van der Waals surface area contributed by atoms with Crippen LogP contribution in [0.3, 0.4) is 0 Å². The fraction of sp³-hybridized carbons (Fsp3) is 0.227. The number of halogens is 1. The second-order valence-electron chi connectivity index (χ2n) is 6.87. The molecule has 0 saturated carbocycles. The lowest BCUT2D eigenvalue weighted by molar-refractivity contribution is 0.167. The highest BCUT2D eigenvalue weighted by Gasteiger charge is 2.31. The largest absolute Gasteiger partial charge is 0.348 e. The zero-order valence-corrected chi connectivity index (χ0v) is 16.0. The molecular weight excluding hydrogens is 358 g/mol. The second-order valence-corrected chi connectivity index (χ2v) is 7.28. The topological polar surface area (TPSA) is 37.3 Å². The van der Waals surface area contributed by atoms with E-state index < -0.39 is 0 Å². The van der Waals surface area contributed by atoms with Crippen molar-refractivity contribution < 1.29 is 4.79 Å². The number of amides is 2. The minimum atomic E-state index is -0.0891. The highest BCUT2D eigenvalue weighted by atomic mass is 35.5. The van der Waals surface area contributed by atoms with Crippen molar-refractivity contribution in [2.45, 2.75) is 25.9 Å². The van der Waals surface area contributed by atoms with Crippen LogP contribution < -0.4 is 5.32 Å². The third-order valence-electron chi connectivity index (χ3n) is 5.21. The van der Waals surface area contributed by atoms with Gasteiger partial charge in [0.1, 0.15) is 0 Å². The lowest BCUT2D eigenvalue weighted by Crippen LogP contribution is -2.44. The Morgan fingerprint density at radius 1 is 1.07 bits per heavy atom. The lowest BCUT2D eigenvalue weighted by atomic mass is 10.0. The average Bonchev–Trinajstić information content (AvgIpc) is 3.16. The Balaban J connectivity index is 1.61. The van der Waals surface area contributed by atoms with Gasteiger partial charge in [0.15, 0.2) is 0 Å². The molecule has 0 spiro atoms. The maximum absolute atomic E-state index is 13.1. The van der Waals surface area contributed by atoms with Gasteiger partial charge in [0.05, 0.1) is 6.04 Å². The Bertz CT molecular complexity index is 951. The van der Waals surface area contributed by atoms with Gasteiger partial charge in [-0.05, 0) is 48.7 Å². The average molecular weight is 380 g/mol. The third kappa shape index (κ3) is 3.58. The molecule has 5 heteroatoms. The number of fused-ring (bicyclic) bond motifs is 1. The van der Waals surface area contributed by atoms with Gasteiger partial charge in [-0.1, -0.05) is 48.0 Å². The Labute approximate surface area is 164 Å². The molecular formula is C22H22ClN3O. The van der Waals surface area contributed by atoms with Crippen molar-refractivity contribution >= 4 is 23.3 Å². The molecule has 1 N–H and O–H groups in total. The van der Waals surface area contributed by atoms with E-state index in [0.717, 1.165) is 24.2 Å². The molecule has 138 valence electrons. The van der Waals surface area contributed by atoms with Crippen molar-refractivity contribution in [3.63, 3.8) is 0 Å². The fourth-order valence-electron chi connectivity index (χ4n) is 3.69. The standard InChI is InChI=1S/C22H22ClN3O/c1-16-18(23)9-5-10-19(16)24-22(27)26-14-13-25-12-6-11-20(25)21(26)15-17-7-3-2-4-8-17/h2-12,21H,13-15H2,1H3,(H,24,27)/t21-/m0/s1. The summed E-state index contributed by atoms with van der Waals surface area (Å²) in [7, 11) is 0. The monoisotopic (exact) mass is 379 g/mol. The summed E-state index contributed by atoms with van der Waals surface area (Å²) in [5.41, 5.74) is 4.02. The van der Waals surface area contributed by atoms with Crippen LogP contribution in [0.1, 0.15) is 22.9 Å². The molecule has 1 aromatic heterocycles. The maximum atomic E-state index is 13.1. The van der Waals surface area contributed by atoms with Gasteiger partial charge in [0, 0.05) is 35.7 Å². The van der Waals surface area contributed by atoms with Gasteiger partial charge >= 0.3 is 6.03 Å². The van der Waals surface area contributed by atoms with Crippen LogP contribution in [-0.2, 0) is 13.0 Å². The molecule has 1 aliphatic heterocycles. The molecule has 1 aliphatic rings. The van der Waals surface area contributed by atoms with Gasteiger partial charge < -0.3 is 14.8 Å². The molecule has 2 amide bonds. The van der Waals surface area contributed by atoms with Gasteiger partial charge in [-0.3, -0.25) is 0 Å². The summed E-state index contributed by atoms with van der Waals surface area (Å²) in [6.45, 7) is 3.39. The van der Waals surface area contributed by atoms with Crippen LogP contribution in [0, 0.1) is 6.92 Å². The molecule has 27 heavy (non-hydrogen) atoms. The quantitative estimate of drug-likeness (QED) is 0.660. The van der Waals surface area contributed by atoms with Gasteiger partial charge in [0.25, 0.3) is 0 Å². The first-order chi connectivity index (χ1) is 13.1. The van der Waals surface area contributed by atoms with Crippen molar-refractivity contribution in [2.75, 3.05) is 11.9 Å². The molecule has 0 saturated heterocycles. The number of anilines is 1. The van der Waals surface area contributed by atoms with Crippen molar-refractivity contribution in [3.05, 3.63) is 88.7 Å². The van der Waals surface area contributed by atoms with E-state index in [1.54, 1.807) is 0 Å². The Hall–Kier alpha value is -2.72. The molecule has 0 aliphatic carbocycles. The summed E-state index contributed by atoms with van der Waals surface area (Å²) >= 11 is 6.20. The Morgan fingerprint density at radius 2 is 1.89 bits per heavy atom.